The van der Waals surface area contributed by atoms with Crippen LogP contribution in [0, 0.1) is 0 Å². The Morgan fingerprint density at radius 2 is 2.10 bits per heavy atom. The maximum absolute atomic E-state index is 12.3. The van der Waals surface area contributed by atoms with Crippen molar-refractivity contribution in [3.05, 3.63) is 41.4 Å². The number of pyridine rings is 1. The molecule has 10 heteroatoms. The fourth-order valence-electron chi connectivity index (χ4n) is 2.99. The number of halogens is 1. The van der Waals surface area contributed by atoms with Gasteiger partial charge in [-0.15, -0.1) is 0 Å². The lowest BCUT2D eigenvalue weighted by Gasteiger charge is -2.18. The number of nitrogens with one attached hydrogen (secondary N) is 1. The first-order valence-electron chi connectivity index (χ1n) is 9.05. The average Bonchev–Trinajstić information content (AvgIpc) is 3.36. The van der Waals surface area contributed by atoms with Crippen molar-refractivity contribution in [1.82, 2.24) is 14.9 Å². The van der Waals surface area contributed by atoms with Gasteiger partial charge in [-0.2, -0.15) is 0 Å². The Kier molecular flexibility index (Phi) is 5.66. The summed E-state index contributed by atoms with van der Waals surface area (Å²) in [4.78, 5) is 25.9. The van der Waals surface area contributed by atoms with Crippen molar-refractivity contribution in [3.63, 3.8) is 0 Å². The van der Waals surface area contributed by atoms with Crippen LogP contribution in [0.4, 0.5) is 16.6 Å². The van der Waals surface area contributed by atoms with Gasteiger partial charge in [0, 0.05) is 30.8 Å². The number of nitrogens with zero attached hydrogens (tertiary/aromatic N) is 4. The van der Waals surface area contributed by atoms with Crippen molar-refractivity contribution in [2.24, 2.45) is 0 Å². The van der Waals surface area contributed by atoms with Crippen LogP contribution >= 0.6 is 22.9 Å². The van der Waals surface area contributed by atoms with Gasteiger partial charge < -0.3 is 20.4 Å². The molecule has 1 saturated heterocycles. The number of hydrogen-bond acceptors (Lipinski definition) is 8. The number of fused-ring (bicyclic) bond motifs is 1. The molecule has 1 amide bonds. The van der Waals surface area contributed by atoms with Gasteiger partial charge in [0.05, 0.1) is 12.7 Å². The summed E-state index contributed by atoms with van der Waals surface area (Å²) in [6.07, 6.45) is -0.837. The molecule has 0 bridgehead atoms. The zero-order chi connectivity index (χ0) is 20.5. The molecule has 0 radical (unpaired) electrons. The minimum absolute atomic E-state index is 0.173. The molecule has 3 heterocycles. The fraction of sp³-hybridized carbons (Fsp3) is 0.316. The number of aliphatic hydroxyl groups excluding tert-OH is 2. The number of anilines is 3. The summed E-state index contributed by atoms with van der Waals surface area (Å²) in [5.41, 5.74) is 1.67. The van der Waals surface area contributed by atoms with E-state index in [-0.39, 0.29) is 25.1 Å². The van der Waals surface area contributed by atoms with Crippen LogP contribution in [0.15, 0.2) is 36.4 Å². The number of benzene rings is 1. The van der Waals surface area contributed by atoms with Crippen molar-refractivity contribution in [2.45, 2.75) is 12.1 Å². The molecule has 1 fully saturated rings. The number of aliphatic hydroxyl groups is 2. The minimum Gasteiger partial charge on any atom is -0.394 e. The van der Waals surface area contributed by atoms with Gasteiger partial charge in [-0.3, -0.25) is 9.69 Å². The minimum atomic E-state index is -0.837. The molecule has 0 aliphatic carbocycles. The molecule has 1 aliphatic rings. The summed E-state index contributed by atoms with van der Waals surface area (Å²) in [5, 5.41) is 22.3. The molecule has 3 unspecified atom stereocenters. The third-order valence-electron chi connectivity index (χ3n) is 4.70. The molecule has 29 heavy (non-hydrogen) atoms. The van der Waals surface area contributed by atoms with Gasteiger partial charge in [0.1, 0.15) is 22.2 Å². The fourth-order valence-corrected chi connectivity index (χ4v) is 3.95. The number of carbonyl (C=O) groups excluding carboxylic acids is 1. The Morgan fingerprint density at radius 3 is 2.83 bits per heavy atom. The summed E-state index contributed by atoms with van der Waals surface area (Å²) in [7, 11) is 1.92. The topological polar surface area (TPSA) is 102 Å². The predicted octanol–water partition coefficient (Wildman–Crippen LogP) is 2.09. The van der Waals surface area contributed by atoms with Gasteiger partial charge in [0.15, 0.2) is 5.13 Å². The number of β-amino-alcohol motifs (C(OH)–C–C–N with tert-alkyl or cyclic N) is 1. The highest BCUT2D eigenvalue weighted by atomic mass is 35.5. The van der Waals surface area contributed by atoms with Crippen LogP contribution in [0.2, 0.25) is 5.02 Å². The Morgan fingerprint density at radius 1 is 1.34 bits per heavy atom. The van der Waals surface area contributed by atoms with Gasteiger partial charge in [0.25, 0.3) is 0 Å². The van der Waals surface area contributed by atoms with E-state index in [0.29, 0.717) is 22.2 Å². The number of rotatable bonds is 7. The number of carbonyl (C=O) groups is 1. The summed E-state index contributed by atoms with van der Waals surface area (Å²) >= 11 is 7.26. The van der Waals surface area contributed by atoms with Gasteiger partial charge in [0.2, 0.25) is 5.91 Å². The van der Waals surface area contributed by atoms with E-state index >= 15 is 0 Å². The van der Waals surface area contributed by atoms with Crippen LogP contribution in [0.1, 0.15) is 0 Å². The van der Waals surface area contributed by atoms with E-state index in [2.05, 4.69) is 15.3 Å². The van der Waals surface area contributed by atoms with Crippen molar-refractivity contribution in [1.29, 1.82) is 0 Å². The maximum Gasteiger partial charge on any atom is 0.244 e. The van der Waals surface area contributed by atoms with Crippen molar-refractivity contribution < 1.29 is 15.0 Å². The van der Waals surface area contributed by atoms with Gasteiger partial charge >= 0.3 is 0 Å². The highest BCUT2D eigenvalue weighted by Gasteiger charge is 2.41. The number of thiazole rings is 1. The molecule has 3 atom stereocenters. The quantitative estimate of drug-likeness (QED) is 0.490. The Labute approximate surface area is 176 Å². The molecule has 8 nitrogen and oxygen atoms in total. The van der Waals surface area contributed by atoms with Crippen molar-refractivity contribution in [3.8, 4) is 0 Å². The molecule has 4 rings (SSSR count). The standard InChI is InChI=1S/C19H20ClN5O3S/c1-24(12-4-2-11(20)3-5-12)16-7-6-14-18(22-16)29-19(21-14)23-17(28)15-9-25(15)8-13(27)10-26/h2-7,13,15,26-27H,8-10H2,1H3,(H,21,23,28). The summed E-state index contributed by atoms with van der Waals surface area (Å²) in [6.45, 7) is 0.514. The molecule has 3 N–H and O–H groups in total. The number of aromatic nitrogens is 2. The van der Waals surface area contributed by atoms with E-state index in [9.17, 15) is 9.90 Å². The van der Waals surface area contributed by atoms with E-state index in [1.807, 2.05) is 48.3 Å². The normalized spacial score (nSPS) is 19.2. The molecule has 0 spiro atoms. The summed E-state index contributed by atoms with van der Waals surface area (Å²) < 4.78 is 0. The first-order chi connectivity index (χ1) is 13.9. The lowest BCUT2D eigenvalue weighted by atomic mass is 10.3. The van der Waals surface area contributed by atoms with E-state index in [4.69, 9.17) is 16.7 Å². The van der Waals surface area contributed by atoms with Crippen LogP contribution in [-0.4, -0.2) is 69.9 Å². The van der Waals surface area contributed by atoms with Crippen molar-refractivity contribution >= 4 is 55.8 Å². The van der Waals surface area contributed by atoms with Crippen LogP contribution in [-0.2, 0) is 4.79 Å². The van der Waals surface area contributed by atoms with Crippen LogP contribution in [0.3, 0.4) is 0 Å². The molecular weight excluding hydrogens is 414 g/mol. The third kappa shape index (κ3) is 4.49. The van der Waals surface area contributed by atoms with Crippen LogP contribution < -0.4 is 10.2 Å². The van der Waals surface area contributed by atoms with E-state index in [0.717, 1.165) is 16.3 Å². The third-order valence-corrected chi connectivity index (χ3v) is 5.83. The lowest BCUT2D eigenvalue weighted by molar-refractivity contribution is -0.116. The van der Waals surface area contributed by atoms with Gasteiger partial charge in [-0.1, -0.05) is 22.9 Å². The first-order valence-corrected chi connectivity index (χ1v) is 10.2. The first kappa shape index (κ1) is 20.0. The zero-order valence-electron chi connectivity index (χ0n) is 15.6. The average molecular weight is 434 g/mol. The number of amides is 1. The lowest BCUT2D eigenvalue weighted by Crippen LogP contribution is -2.27. The molecule has 2 aromatic heterocycles. The van der Waals surface area contributed by atoms with E-state index < -0.39 is 6.10 Å². The highest BCUT2D eigenvalue weighted by Crippen LogP contribution is 2.30. The second kappa shape index (κ2) is 8.21. The molecule has 1 aliphatic heterocycles. The van der Waals surface area contributed by atoms with Crippen LogP contribution in [0.25, 0.3) is 10.3 Å². The Balaban J connectivity index is 1.45. The maximum atomic E-state index is 12.3. The predicted molar refractivity (Wildman–Crippen MR) is 114 cm³/mol. The summed E-state index contributed by atoms with van der Waals surface area (Å²) in [6, 6.07) is 10.9. The SMILES string of the molecule is CN(c1ccc(Cl)cc1)c1ccc2nc(NC(=O)C3CN3CC(O)CO)sc2n1. The molecular formula is C19H20ClN5O3S. The summed E-state index contributed by atoms with van der Waals surface area (Å²) in [5.74, 6) is 0.584. The van der Waals surface area contributed by atoms with Gasteiger partial charge in [-0.25, -0.2) is 9.97 Å². The largest absolute Gasteiger partial charge is 0.394 e. The van der Waals surface area contributed by atoms with E-state index in [1.165, 1.54) is 11.3 Å². The molecule has 3 aromatic rings. The Bertz CT molecular complexity index is 1030. The smallest absolute Gasteiger partial charge is 0.244 e. The molecule has 0 saturated carbocycles. The second-order valence-electron chi connectivity index (χ2n) is 6.84. The number of hydrogen-bond donors (Lipinski definition) is 3. The van der Waals surface area contributed by atoms with Crippen LogP contribution in [0.5, 0.6) is 0 Å². The van der Waals surface area contributed by atoms with Crippen molar-refractivity contribution in [2.75, 3.05) is 37.0 Å². The second-order valence-corrected chi connectivity index (χ2v) is 8.26. The highest BCUT2D eigenvalue weighted by molar-refractivity contribution is 7.22. The molecule has 152 valence electrons. The molecule has 1 aromatic carbocycles. The zero-order valence-corrected chi connectivity index (χ0v) is 17.2. The van der Waals surface area contributed by atoms with E-state index in [1.54, 1.807) is 4.90 Å². The Hall–Kier alpha value is -2.30. The van der Waals surface area contributed by atoms with Gasteiger partial charge in [-0.05, 0) is 36.4 Å². The monoisotopic (exact) mass is 433 g/mol.